The number of nitrogens with zero attached hydrogens (tertiary/aromatic N) is 1. The fourth-order valence-electron chi connectivity index (χ4n) is 0.969. The lowest BCUT2D eigenvalue weighted by Crippen LogP contribution is -2.08. The lowest BCUT2D eigenvalue weighted by Gasteiger charge is -2.11. The number of ether oxygens (including phenoxy) is 1. The standard InChI is InChI=1S/C8H13NO/c1-8(7-10-2)9-5-3-4-6-9/h3-6,8H,7H2,1-2H3/t8-/m0/s1. The van der Waals surface area contributed by atoms with Crippen molar-refractivity contribution in [3.63, 3.8) is 0 Å². The summed E-state index contributed by atoms with van der Waals surface area (Å²) in [5.74, 6) is 0. The van der Waals surface area contributed by atoms with Crippen molar-refractivity contribution in [2.45, 2.75) is 13.0 Å². The van der Waals surface area contributed by atoms with Crippen LogP contribution in [-0.2, 0) is 4.74 Å². The Labute approximate surface area is 61.4 Å². The summed E-state index contributed by atoms with van der Waals surface area (Å²) in [6.07, 6.45) is 4.09. The lowest BCUT2D eigenvalue weighted by atomic mass is 10.4. The molecule has 0 radical (unpaired) electrons. The molecular formula is C8H13NO. The fourth-order valence-corrected chi connectivity index (χ4v) is 0.969. The highest BCUT2D eigenvalue weighted by Gasteiger charge is 1.99. The first-order valence-corrected chi connectivity index (χ1v) is 3.46. The van der Waals surface area contributed by atoms with Gasteiger partial charge in [-0.2, -0.15) is 0 Å². The van der Waals surface area contributed by atoms with Gasteiger partial charge in [0.2, 0.25) is 0 Å². The van der Waals surface area contributed by atoms with Crippen LogP contribution in [0.15, 0.2) is 24.5 Å². The van der Waals surface area contributed by atoms with Crippen molar-refractivity contribution in [2.24, 2.45) is 0 Å². The van der Waals surface area contributed by atoms with E-state index in [1.807, 2.05) is 24.5 Å². The van der Waals surface area contributed by atoms with Gasteiger partial charge in [0, 0.05) is 19.5 Å². The monoisotopic (exact) mass is 139 g/mol. The molecule has 0 unspecified atom stereocenters. The van der Waals surface area contributed by atoms with Crippen molar-refractivity contribution in [2.75, 3.05) is 13.7 Å². The van der Waals surface area contributed by atoms with Crippen LogP contribution in [0.4, 0.5) is 0 Å². The van der Waals surface area contributed by atoms with Crippen LogP contribution in [-0.4, -0.2) is 18.3 Å². The number of hydrogen-bond acceptors (Lipinski definition) is 1. The predicted molar refractivity (Wildman–Crippen MR) is 41.0 cm³/mol. The zero-order valence-electron chi connectivity index (χ0n) is 6.45. The van der Waals surface area contributed by atoms with Crippen molar-refractivity contribution in [3.8, 4) is 0 Å². The van der Waals surface area contributed by atoms with Crippen LogP contribution in [0.3, 0.4) is 0 Å². The number of hydrogen-bond donors (Lipinski definition) is 0. The summed E-state index contributed by atoms with van der Waals surface area (Å²) in [4.78, 5) is 0. The summed E-state index contributed by atoms with van der Waals surface area (Å²) < 4.78 is 7.14. The van der Waals surface area contributed by atoms with Crippen LogP contribution in [0.1, 0.15) is 13.0 Å². The van der Waals surface area contributed by atoms with Gasteiger partial charge in [-0.15, -0.1) is 0 Å². The molecule has 1 aromatic heterocycles. The Morgan fingerprint density at radius 3 is 2.50 bits per heavy atom. The van der Waals surface area contributed by atoms with Gasteiger partial charge in [0.15, 0.2) is 0 Å². The maximum Gasteiger partial charge on any atom is 0.0667 e. The summed E-state index contributed by atoms with van der Waals surface area (Å²) in [5, 5.41) is 0. The van der Waals surface area contributed by atoms with Crippen molar-refractivity contribution in [1.29, 1.82) is 0 Å². The molecule has 0 saturated heterocycles. The maximum atomic E-state index is 5.01. The van der Waals surface area contributed by atoms with Crippen LogP contribution < -0.4 is 0 Å². The molecule has 0 bridgehead atoms. The Balaban J connectivity index is 2.50. The summed E-state index contributed by atoms with van der Waals surface area (Å²) in [6.45, 7) is 2.90. The fraction of sp³-hybridized carbons (Fsp3) is 0.500. The minimum absolute atomic E-state index is 0.444. The van der Waals surface area contributed by atoms with E-state index in [1.54, 1.807) is 7.11 Å². The first kappa shape index (κ1) is 7.35. The second kappa shape index (κ2) is 3.42. The van der Waals surface area contributed by atoms with E-state index in [2.05, 4.69) is 11.5 Å². The third-order valence-electron chi connectivity index (χ3n) is 1.54. The molecular weight excluding hydrogens is 126 g/mol. The van der Waals surface area contributed by atoms with E-state index in [0.29, 0.717) is 6.04 Å². The molecule has 2 nitrogen and oxygen atoms in total. The number of methoxy groups -OCH3 is 1. The SMILES string of the molecule is COC[C@H](C)n1cccc1. The van der Waals surface area contributed by atoms with Crippen LogP contribution in [0.2, 0.25) is 0 Å². The van der Waals surface area contributed by atoms with Gasteiger partial charge < -0.3 is 9.30 Å². The molecule has 1 rings (SSSR count). The van der Waals surface area contributed by atoms with Crippen molar-refractivity contribution >= 4 is 0 Å². The molecule has 0 amide bonds. The largest absolute Gasteiger partial charge is 0.383 e. The van der Waals surface area contributed by atoms with Gasteiger partial charge in [-0.05, 0) is 19.1 Å². The van der Waals surface area contributed by atoms with Crippen LogP contribution in [0.5, 0.6) is 0 Å². The van der Waals surface area contributed by atoms with Gasteiger partial charge in [-0.3, -0.25) is 0 Å². The van der Waals surface area contributed by atoms with E-state index in [0.717, 1.165) is 6.61 Å². The summed E-state index contributed by atoms with van der Waals surface area (Å²) in [5.41, 5.74) is 0. The van der Waals surface area contributed by atoms with E-state index in [1.165, 1.54) is 0 Å². The second-order valence-electron chi connectivity index (χ2n) is 2.43. The average Bonchev–Trinajstić information content (AvgIpc) is 2.38. The minimum atomic E-state index is 0.444. The van der Waals surface area contributed by atoms with E-state index < -0.39 is 0 Å². The Hall–Kier alpha value is -0.760. The molecule has 1 heterocycles. The van der Waals surface area contributed by atoms with Crippen molar-refractivity contribution < 1.29 is 4.74 Å². The zero-order chi connectivity index (χ0) is 7.40. The minimum Gasteiger partial charge on any atom is -0.383 e. The zero-order valence-corrected chi connectivity index (χ0v) is 6.45. The average molecular weight is 139 g/mol. The highest BCUT2D eigenvalue weighted by molar-refractivity contribution is 4.92. The van der Waals surface area contributed by atoms with Gasteiger partial charge in [0.1, 0.15) is 0 Å². The molecule has 10 heavy (non-hydrogen) atoms. The van der Waals surface area contributed by atoms with Crippen LogP contribution in [0, 0.1) is 0 Å². The lowest BCUT2D eigenvalue weighted by molar-refractivity contribution is 0.162. The van der Waals surface area contributed by atoms with Gasteiger partial charge in [0.25, 0.3) is 0 Å². The van der Waals surface area contributed by atoms with Gasteiger partial charge in [-0.25, -0.2) is 0 Å². The smallest absolute Gasteiger partial charge is 0.0667 e. The van der Waals surface area contributed by atoms with E-state index in [-0.39, 0.29) is 0 Å². The molecule has 0 N–H and O–H groups in total. The highest BCUT2D eigenvalue weighted by Crippen LogP contribution is 2.04. The summed E-state index contributed by atoms with van der Waals surface area (Å²) >= 11 is 0. The van der Waals surface area contributed by atoms with Crippen molar-refractivity contribution in [3.05, 3.63) is 24.5 Å². The second-order valence-corrected chi connectivity index (χ2v) is 2.43. The quantitative estimate of drug-likeness (QED) is 0.621. The van der Waals surface area contributed by atoms with Crippen LogP contribution in [0.25, 0.3) is 0 Å². The van der Waals surface area contributed by atoms with Crippen molar-refractivity contribution in [1.82, 2.24) is 4.57 Å². The molecule has 0 spiro atoms. The first-order chi connectivity index (χ1) is 4.84. The van der Waals surface area contributed by atoms with Crippen LogP contribution >= 0.6 is 0 Å². The molecule has 0 fully saturated rings. The summed E-state index contributed by atoms with van der Waals surface area (Å²) in [6, 6.07) is 4.48. The molecule has 0 saturated carbocycles. The topological polar surface area (TPSA) is 14.2 Å². The molecule has 0 aliphatic carbocycles. The molecule has 0 aromatic carbocycles. The Kier molecular flexibility index (Phi) is 2.51. The predicted octanol–water partition coefficient (Wildman–Crippen LogP) is 1.70. The van der Waals surface area contributed by atoms with E-state index in [9.17, 15) is 0 Å². The number of rotatable bonds is 3. The Bertz CT molecular complexity index is 169. The van der Waals surface area contributed by atoms with Gasteiger partial charge >= 0.3 is 0 Å². The normalized spacial score (nSPS) is 13.4. The summed E-state index contributed by atoms with van der Waals surface area (Å²) in [7, 11) is 1.72. The van der Waals surface area contributed by atoms with Gasteiger partial charge in [0.05, 0.1) is 12.6 Å². The first-order valence-electron chi connectivity index (χ1n) is 3.46. The molecule has 1 aromatic rings. The molecule has 1 atom stereocenters. The molecule has 56 valence electrons. The Morgan fingerprint density at radius 2 is 2.00 bits per heavy atom. The third kappa shape index (κ3) is 1.61. The molecule has 2 heteroatoms. The molecule has 0 aliphatic heterocycles. The highest BCUT2D eigenvalue weighted by atomic mass is 16.5. The van der Waals surface area contributed by atoms with E-state index in [4.69, 9.17) is 4.74 Å². The number of aromatic nitrogens is 1. The third-order valence-corrected chi connectivity index (χ3v) is 1.54. The van der Waals surface area contributed by atoms with Gasteiger partial charge in [-0.1, -0.05) is 0 Å². The molecule has 0 aliphatic rings. The Morgan fingerprint density at radius 1 is 1.40 bits per heavy atom. The maximum absolute atomic E-state index is 5.01. The van der Waals surface area contributed by atoms with E-state index >= 15 is 0 Å².